The summed E-state index contributed by atoms with van der Waals surface area (Å²) in [5.74, 6) is 0.0817. The number of hydrogen-bond acceptors (Lipinski definition) is 4. The van der Waals surface area contributed by atoms with Crippen LogP contribution in [0.3, 0.4) is 0 Å². The van der Waals surface area contributed by atoms with E-state index in [1.807, 2.05) is 30.3 Å². The van der Waals surface area contributed by atoms with Crippen molar-refractivity contribution in [3.05, 3.63) is 35.9 Å². The van der Waals surface area contributed by atoms with Crippen molar-refractivity contribution < 1.29 is 9.59 Å². The fraction of sp³-hybridized carbons (Fsp3) is 0.308. The number of benzene rings is 1. The Labute approximate surface area is 121 Å². The molecule has 1 N–H and O–H groups in total. The summed E-state index contributed by atoms with van der Waals surface area (Å²) in [6.45, 7) is 0.588. The Morgan fingerprint density at radius 3 is 2.74 bits per heavy atom. The second-order valence-electron chi connectivity index (χ2n) is 4.12. The zero-order chi connectivity index (χ0) is 13.7. The highest BCUT2D eigenvalue weighted by Gasteiger charge is 2.28. The van der Waals surface area contributed by atoms with Crippen LogP contribution in [0.25, 0.3) is 0 Å². The molecule has 0 aromatic heterocycles. The molecule has 0 bridgehead atoms. The predicted octanol–water partition coefficient (Wildman–Crippen LogP) is 1.21. The van der Waals surface area contributed by atoms with Crippen LogP contribution >= 0.6 is 24.0 Å². The number of thiocarbonyl (C=S) groups is 1. The van der Waals surface area contributed by atoms with Crippen LogP contribution in [-0.2, 0) is 16.0 Å². The maximum atomic E-state index is 11.7. The van der Waals surface area contributed by atoms with Gasteiger partial charge in [0.15, 0.2) is 0 Å². The summed E-state index contributed by atoms with van der Waals surface area (Å²) in [7, 11) is 0. The van der Waals surface area contributed by atoms with Crippen LogP contribution in [0.4, 0.5) is 0 Å². The third kappa shape index (κ3) is 4.04. The molecule has 0 spiro atoms. The van der Waals surface area contributed by atoms with Crippen molar-refractivity contribution in [2.75, 3.05) is 18.8 Å². The molecule has 6 heteroatoms. The van der Waals surface area contributed by atoms with Gasteiger partial charge >= 0.3 is 0 Å². The highest BCUT2D eigenvalue weighted by atomic mass is 32.2. The molecule has 1 aliphatic rings. The average molecular weight is 294 g/mol. The van der Waals surface area contributed by atoms with E-state index in [1.54, 1.807) is 0 Å². The van der Waals surface area contributed by atoms with Gasteiger partial charge in [0.05, 0.1) is 5.75 Å². The van der Waals surface area contributed by atoms with Crippen molar-refractivity contribution in [1.29, 1.82) is 0 Å². The lowest BCUT2D eigenvalue weighted by Gasteiger charge is -2.14. The monoisotopic (exact) mass is 294 g/mol. The Morgan fingerprint density at radius 1 is 1.37 bits per heavy atom. The van der Waals surface area contributed by atoms with Crippen molar-refractivity contribution in [3.63, 3.8) is 0 Å². The number of hydrogen-bond donors (Lipinski definition) is 1. The van der Waals surface area contributed by atoms with Gasteiger partial charge in [-0.2, -0.15) is 0 Å². The SMILES string of the molecule is O=C(CN1C(=O)CSC1=S)NCCc1ccccc1. The number of nitrogens with one attached hydrogen (secondary N) is 1. The Kier molecular flexibility index (Phi) is 4.93. The molecule has 1 fully saturated rings. The first-order valence-corrected chi connectivity index (χ1v) is 7.34. The first kappa shape index (κ1) is 14.0. The van der Waals surface area contributed by atoms with E-state index in [2.05, 4.69) is 5.32 Å². The van der Waals surface area contributed by atoms with E-state index in [4.69, 9.17) is 12.2 Å². The van der Waals surface area contributed by atoms with Crippen LogP contribution in [0.2, 0.25) is 0 Å². The van der Waals surface area contributed by atoms with Crippen LogP contribution in [0, 0.1) is 0 Å². The molecule has 1 heterocycles. The summed E-state index contributed by atoms with van der Waals surface area (Å²) in [5, 5.41) is 2.80. The Hall–Kier alpha value is -1.40. The normalized spacial score (nSPS) is 14.8. The largest absolute Gasteiger partial charge is 0.354 e. The molecule has 2 amide bonds. The van der Waals surface area contributed by atoms with Crippen molar-refractivity contribution in [1.82, 2.24) is 10.2 Å². The molecule has 0 aliphatic carbocycles. The van der Waals surface area contributed by atoms with Crippen LogP contribution in [0.15, 0.2) is 30.3 Å². The molecule has 2 rings (SSSR count). The molecule has 100 valence electrons. The Morgan fingerprint density at radius 2 is 2.11 bits per heavy atom. The summed E-state index contributed by atoms with van der Waals surface area (Å²) >= 11 is 6.32. The lowest BCUT2D eigenvalue weighted by molar-refractivity contribution is -0.129. The summed E-state index contributed by atoms with van der Waals surface area (Å²) in [5.41, 5.74) is 1.17. The second-order valence-corrected chi connectivity index (χ2v) is 5.73. The van der Waals surface area contributed by atoms with Crippen LogP contribution < -0.4 is 5.32 Å². The van der Waals surface area contributed by atoms with Crippen molar-refractivity contribution >= 4 is 40.1 Å². The lowest BCUT2D eigenvalue weighted by atomic mass is 10.1. The van der Waals surface area contributed by atoms with Gasteiger partial charge in [-0.25, -0.2) is 0 Å². The van der Waals surface area contributed by atoms with E-state index in [9.17, 15) is 9.59 Å². The van der Waals surface area contributed by atoms with Crippen molar-refractivity contribution in [2.45, 2.75) is 6.42 Å². The van der Waals surface area contributed by atoms with Gasteiger partial charge in [-0.15, -0.1) is 0 Å². The molecule has 0 unspecified atom stereocenters. The highest BCUT2D eigenvalue weighted by molar-refractivity contribution is 8.23. The number of nitrogens with zero attached hydrogens (tertiary/aromatic N) is 1. The van der Waals surface area contributed by atoms with E-state index >= 15 is 0 Å². The lowest BCUT2D eigenvalue weighted by Crippen LogP contribution is -2.40. The Bertz CT molecular complexity index is 475. The van der Waals surface area contributed by atoms with Gasteiger partial charge in [0.25, 0.3) is 0 Å². The molecule has 1 aliphatic heterocycles. The van der Waals surface area contributed by atoms with E-state index in [0.717, 1.165) is 6.42 Å². The highest BCUT2D eigenvalue weighted by Crippen LogP contribution is 2.18. The average Bonchev–Trinajstić information content (AvgIpc) is 2.72. The summed E-state index contributed by atoms with van der Waals surface area (Å²) in [4.78, 5) is 24.5. The third-order valence-electron chi connectivity index (χ3n) is 2.72. The fourth-order valence-corrected chi connectivity index (χ4v) is 2.79. The second kappa shape index (κ2) is 6.68. The van der Waals surface area contributed by atoms with E-state index in [1.165, 1.54) is 22.2 Å². The summed E-state index contributed by atoms with van der Waals surface area (Å²) in [6.07, 6.45) is 0.778. The van der Waals surface area contributed by atoms with Gasteiger partial charge in [0.1, 0.15) is 10.9 Å². The minimum absolute atomic E-state index is 0.0272. The van der Waals surface area contributed by atoms with Crippen LogP contribution in [-0.4, -0.2) is 39.9 Å². The molecule has 0 saturated carbocycles. The standard InChI is InChI=1S/C13H14N2O2S2/c16-11(8-15-12(17)9-19-13(15)18)14-7-6-10-4-2-1-3-5-10/h1-5H,6-9H2,(H,14,16). The van der Waals surface area contributed by atoms with Crippen LogP contribution in [0.5, 0.6) is 0 Å². The van der Waals surface area contributed by atoms with Gasteiger partial charge in [-0.1, -0.05) is 54.3 Å². The fourth-order valence-electron chi connectivity index (χ4n) is 1.72. The van der Waals surface area contributed by atoms with Gasteiger partial charge in [-0.05, 0) is 12.0 Å². The van der Waals surface area contributed by atoms with Gasteiger partial charge in [-0.3, -0.25) is 14.5 Å². The molecular formula is C13H14N2O2S2. The maximum Gasteiger partial charge on any atom is 0.240 e. The summed E-state index contributed by atoms with van der Waals surface area (Å²) < 4.78 is 0.489. The number of carbonyl (C=O) groups is 2. The minimum atomic E-state index is -0.172. The molecule has 1 aromatic carbocycles. The molecule has 1 saturated heterocycles. The number of rotatable bonds is 5. The quantitative estimate of drug-likeness (QED) is 0.829. The molecule has 19 heavy (non-hydrogen) atoms. The molecule has 0 radical (unpaired) electrons. The third-order valence-corrected chi connectivity index (χ3v) is 4.15. The topological polar surface area (TPSA) is 49.4 Å². The predicted molar refractivity (Wildman–Crippen MR) is 79.9 cm³/mol. The van der Waals surface area contributed by atoms with Crippen molar-refractivity contribution in [3.8, 4) is 0 Å². The van der Waals surface area contributed by atoms with E-state index in [0.29, 0.717) is 16.6 Å². The molecule has 0 atom stereocenters. The zero-order valence-corrected chi connectivity index (χ0v) is 11.9. The van der Waals surface area contributed by atoms with Gasteiger partial charge in [0.2, 0.25) is 11.8 Å². The van der Waals surface area contributed by atoms with E-state index < -0.39 is 0 Å². The number of thioether (sulfide) groups is 1. The molecular weight excluding hydrogens is 280 g/mol. The maximum absolute atomic E-state index is 11.7. The van der Waals surface area contributed by atoms with Gasteiger partial charge in [0, 0.05) is 6.54 Å². The minimum Gasteiger partial charge on any atom is -0.354 e. The number of carbonyl (C=O) groups excluding carboxylic acids is 2. The number of amides is 2. The first-order chi connectivity index (χ1) is 9.16. The Balaban J connectivity index is 1.73. The van der Waals surface area contributed by atoms with E-state index in [-0.39, 0.29) is 18.4 Å². The zero-order valence-electron chi connectivity index (χ0n) is 10.3. The smallest absolute Gasteiger partial charge is 0.240 e. The molecule has 4 nitrogen and oxygen atoms in total. The van der Waals surface area contributed by atoms with Crippen LogP contribution in [0.1, 0.15) is 5.56 Å². The summed E-state index contributed by atoms with van der Waals surface area (Å²) in [6, 6.07) is 9.93. The van der Waals surface area contributed by atoms with Gasteiger partial charge < -0.3 is 5.32 Å². The van der Waals surface area contributed by atoms with Crippen molar-refractivity contribution in [2.24, 2.45) is 0 Å². The molecule has 1 aromatic rings. The first-order valence-electron chi connectivity index (χ1n) is 5.94.